The average Bonchev–Trinajstić information content (AvgIpc) is 2.09. The van der Waals surface area contributed by atoms with Gasteiger partial charge in [0.05, 0.1) is 6.04 Å². The fourth-order valence-electron chi connectivity index (χ4n) is 1.31. The number of halogens is 1. The number of nitrogens with two attached hydrogens (primary N) is 2. The molecule has 5 N–H and O–H groups in total. The molecule has 0 aliphatic heterocycles. The van der Waals surface area contributed by atoms with Crippen LogP contribution in [-0.4, -0.2) is 0 Å². The van der Waals surface area contributed by atoms with Gasteiger partial charge >= 0.3 is 0 Å². The molecule has 1 aromatic rings. The van der Waals surface area contributed by atoms with Crippen LogP contribution in [0.4, 0.5) is 5.69 Å². The fourth-order valence-corrected chi connectivity index (χ4v) is 1.49. The molecule has 1 rings (SSSR count). The van der Waals surface area contributed by atoms with Gasteiger partial charge in [-0.3, -0.25) is 5.84 Å². The first-order valence-corrected chi connectivity index (χ1v) is 4.60. The summed E-state index contributed by atoms with van der Waals surface area (Å²) in [4.78, 5) is 0. The van der Waals surface area contributed by atoms with Crippen LogP contribution in [-0.2, 0) is 0 Å². The Labute approximate surface area is 88.7 Å². The van der Waals surface area contributed by atoms with Crippen molar-refractivity contribution in [2.24, 2.45) is 5.84 Å². The van der Waals surface area contributed by atoms with Crippen molar-refractivity contribution in [3.63, 3.8) is 0 Å². The van der Waals surface area contributed by atoms with Gasteiger partial charge in [0.15, 0.2) is 0 Å². The Kier molecular flexibility index (Phi) is 3.52. The predicted octanol–water partition coefficient (Wildman–Crippen LogP) is 2.00. The minimum absolute atomic E-state index is 0.132. The van der Waals surface area contributed by atoms with Crippen molar-refractivity contribution in [2.75, 3.05) is 5.73 Å². The third kappa shape index (κ3) is 2.26. The summed E-state index contributed by atoms with van der Waals surface area (Å²) in [6.45, 7) is 5.72. The van der Waals surface area contributed by atoms with Crippen molar-refractivity contribution >= 4 is 17.3 Å². The molecule has 0 aromatic heterocycles. The maximum atomic E-state index is 5.81. The second kappa shape index (κ2) is 4.46. The molecule has 4 heteroatoms. The second-order valence-electron chi connectivity index (χ2n) is 3.22. The zero-order chi connectivity index (χ0) is 10.7. The summed E-state index contributed by atoms with van der Waals surface area (Å²) < 4.78 is 0. The van der Waals surface area contributed by atoms with E-state index in [0.717, 1.165) is 11.1 Å². The van der Waals surface area contributed by atoms with E-state index in [0.29, 0.717) is 10.7 Å². The first-order chi connectivity index (χ1) is 6.56. The first kappa shape index (κ1) is 11.0. The normalized spacial score (nSPS) is 12.5. The predicted molar refractivity (Wildman–Crippen MR) is 60.7 cm³/mol. The lowest BCUT2D eigenvalue weighted by atomic mass is 10.0. The molecule has 14 heavy (non-hydrogen) atoms. The van der Waals surface area contributed by atoms with E-state index in [-0.39, 0.29) is 6.04 Å². The number of hydrogen-bond donors (Lipinski definition) is 3. The fraction of sp³-hybridized carbons (Fsp3) is 0.200. The van der Waals surface area contributed by atoms with Crippen LogP contribution in [0, 0.1) is 0 Å². The molecule has 0 fully saturated rings. The lowest BCUT2D eigenvalue weighted by molar-refractivity contribution is 0.629. The highest BCUT2D eigenvalue weighted by Crippen LogP contribution is 2.27. The molecule has 0 saturated carbocycles. The Bertz CT molecular complexity index is 349. The van der Waals surface area contributed by atoms with Gasteiger partial charge in [-0.2, -0.15) is 0 Å². The summed E-state index contributed by atoms with van der Waals surface area (Å²) in [6, 6.07) is 5.19. The number of anilines is 1. The van der Waals surface area contributed by atoms with Gasteiger partial charge in [0.25, 0.3) is 0 Å². The smallest absolute Gasteiger partial charge is 0.0684 e. The zero-order valence-corrected chi connectivity index (χ0v) is 8.81. The number of hydrogen-bond acceptors (Lipinski definition) is 3. The molecule has 0 spiro atoms. The minimum atomic E-state index is -0.132. The molecular weight excluding hydrogens is 198 g/mol. The molecule has 1 atom stereocenters. The standard InChI is InChI=1S/C10H14ClN3/c1-6(2)10(14-13)8-4-3-7(11)5-9(8)12/h3-5,10,14H,1,12-13H2,2H3. The van der Waals surface area contributed by atoms with Crippen molar-refractivity contribution in [3.05, 3.63) is 40.9 Å². The van der Waals surface area contributed by atoms with Gasteiger partial charge in [-0.15, -0.1) is 0 Å². The highest BCUT2D eigenvalue weighted by Gasteiger charge is 2.12. The van der Waals surface area contributed by atoms with Crippen LogP contribution in [0.5, 0.6) is 0 Å². The van der Waals surface area contributed by atoms with Gasteiger partial charge < -0.3 is 5.73 Å². The van der Waals surface area contributed by atoms with Gasteiger partial charge in [-0.1, -0.05) is 29.8 Å². The summed E-state index contributed by atoms with van der Waals surface area (Å²) in [5.74, 6) is 5.41. The molecule has 3 nitrogen and oxygen atoms in total. The quantitative estimate of drug-likeness (QED) is 0.310. The van der Waals surface area contributed by atoms with E-state index in [1.54, 1.807) is 12.1 Å². The molecular formula is C10H14ClN3. The maximum Gasteiger partial charge on any atom is 0.0684 e. The molecule has 0 aliphatic rings. The third-order valence-corrected chi connectivity index (χ3v) is 2.25. The zero-order valence-electron chi connectivity index (χ0n) is 8.05. The number of nitrogen functional groups attached to an aromatic ring is 1. The number of hydrazine groups is 1. The average molecular weight is 212 g/mol. The van der Waals surface area contributed by atoms with Crippen molar-refractivity contribution in [1.29, 1.82) is 0 Å². The molecule has 0 aliphatic carbocycles. The lowest BCUT2D eigenvalue weighted by Crippen LogP contribution is -2.29. The highest BCUT2D eigenvalue weighted by atomic mass is 35.5. The van der Waals surface area contributed by atoms with Crippen LogP contribution in [0.25, 0.3) is 0 Å². The molecule has 0 heterocycles. The van der Waals surface area contributed by atoms with Crippen LogP contribution >= 0.6 is 11.6 Å². The van der Waals surface area contributed by atoms with Crippen molar-refractivity contribution < 1.29 is 0 Å². The summed E-state index contributed by atoms with van der Waals surface area (Å²) >= 11 is 5.79. The van der Waals surface area contributed by atoms with E-state index in [2.05, 4.69) is 12.0 Å². The molecule has 1 unspecified atom stereocenters. The van der Waals surface area contributed by atoms with Gasteiger partial charge in [0.1, 0.15) is 0 Å². The monoisotopic (exact) mass is 211 g/mol. The molecule has 76 valence electrons. The van der Waals surface area contributed by atoms with Crippen molar-refractivity contribution in [2.45, 2.75) is 13.0 Å². The summed E-state index contributed by atoms with van der Waals surface area (Å²) in [5.41, 5.74) is 10.9. The van der Waals surface area contributed by atoms with E-state index in [1.807, 2.05) is 13.0 Å². The molecule has 0 bridgehead atoms. The first-order valence-electron chi connectivity index (χ1n) is 4.22. The largest absolute Gasteiger partial charge is 0.398 e. The van der Waals surface area contributed by atoms with E-state index in [1.165, 1.54) is 0 Å². The maximum absolute atomic E-state index is 5.81. The molecule has 1 aromatic carbocycles. The van der Waals surface area contributed by atoms with E-state index in [4.69, 9.17) is 23.2 Å². The molecule has 0 saturated heterocycles. The van der Waals surface area contributed by atoms with Crippen LogP contribution in [0.3, 0.4) is 0 Å². The number of benzene rings is 1. The minimum Gasteiger partial charge on any atom is -0.398 e. The third-order valence-electron chi connectivity index (χ3n) is 2.02. The topological polar surface area (TPSA) is 64.1 Å². The number of nitrogens with one attached hydrogen (secondary N) is 1. The summed E-state index contributed by atoms with van der Waals surface area (Å²) in [5, 5.41) is 0.615. The lowest BCUT2D eigenvalue weighted by Gasteiger charge is -2.18. The number of rotatable bonds is 3. The van der Waals surface area contributed by atoms with E-state index in [9.17, 15) is 0 Å². The van der Waals surface area contributed by atoms with E-state index >= 15 is 0 Å². The molecule has 0 amide bonds. The van der Waals surface area contributed by atoms with Crippen LogP contribution in [0.1, 0.15) is 18.5 Å². The second-order valence-corrected chi connectivity index (χ2v) is 3.66. The van der Waals surface area contributed by atoms with Crippen LogP contribution in [0.2, 0.25) is 5.02 Å². The highest BCUT2D eigenvalue weighted by molar-refractivity contribution is 6.30. The van der Waals surface area contributed by atoms with Crippen molar-refractivity contribution in [1.82, 2.24) is 5.43 Å². The van der Waals surface area contributed by atoms with Gasteiger partial charge in [-0.05, 0) is 24.6 Å². The van der Waals surface area contributed by atoms with Crippen LogP contribution in [0.15, 0.2) is 30.4 Å². The SMILES string of the molecule is C=C(C)C(NN)c1ccc(Cl)cc1N. The Morgan fingerprint density at radius 1 is 1.57 bits per heavy atom. The Balaban J connectivity index is 3.10. The Morgan fingerprint density at radius 3 is 2.64 bits per heavy atom. The summed E-state index contributed by atoms with van der Waals surface area (Å²) in [6.07, 6.45) is 0. The van der Waals surface area contributed by atoms with Gasteiger partial charge in [-0.25, -0.2) is 5.43 Å². The van der Waals surface area contributed by atoms with Gasteiger partial charge in [0.2, 0.25) is 0 Å². The molecule has 0 radical (unpaired) electrons. The summed E-state index contributed by atoms with van der Waals surface area (Å²) in [7, 11) is 0. The van der Waals surface area contributed by atoms with Crippen molar-refractivity contribution in [3.8, 4) is 0 Å². The Morgan fingerprint density at radius 2 is 2.21 bits per heavy atom. The van der Waals surface area contributed by atoms with Crippen LogP contribution < -0.4 is 17.0 Å². The van der Waals surface area contributed by atoms with Gasteiger partial charge in [0, 0.05) is 10.7 Å². The Hall–Kier alpha value is -1.03. The van der Waals surface area contributed by atoms with E-state index < -0.39 is 0 Å².